The molecule has 102 valence electrons. The summed E-state index contributed by atoms with van der Waals surface area (Å²) in [5.74, 6) is 4.65. The van der Waals surface area contributed by atoms with Gasteiger partial charge in [0.1, 0.15) is 0 Å². The number of carbonyl (C=O) groups is 2. The third-order valence-corrected chi connectivity index (χ3v) is 3.04. The molecule has 0 radical (unpaired) electrons. The van der Waals surface area contributed by atoms with Crippen molar-refractivity contribution in [2.75, 3.05) is 6.54 Å². The van der Waals surface area contributed by atoms with E-state index in [0.29, 0.717) is 22.3 Å². The third-order valence-electron chi connectivity index (χ3n) is 3.04. The molecule has 3 rings (SSSR count). The fraction of sp³-hybridized carbons (Fsp3) is 0.125. The predicted octanol–water partition coefficient (Wildman–Crippen LogP) is 1.93. The van der Waals surface area contributed by atoms with Crippen LogP contribution in [0.5, 0.6) is 0 Å². The Morgan fingerprint density at radius 1 is 0.800 bits per heavy atom. The summed E-state index contributed by atoms with van der Waals surface area (Å²) in [6.45, 7) is 2.79. The number of ketones is 2. The van der Waals surface area contributed by atoms with Gasteiger partial charge in [0.25, 0.3) is 0 Å². The van der Waals surface area contributed by atoms with Crippen LogP contribution in [0.4, 0.5) is 0 Å². The maximum atomic E-state index is 12.1. The molecule has 0 atom stereocenters. The van der Waals surface area contributed by atoms with Gasteiger partial charge < -0.3 is 0 Å². The van der Waals surface area contributed by atoms with Gasteiger partial charge in [-0.2, -0.15) is 0 Å². The number of nitrogens with two attached hydrogens (primary N) is 1. The van der Waals surface area contributed by atoms with Gasteiger partial charge in [-0.1, -0.05) is 55.5 Å². The number of hydrazine groups is 1. The van der Waals surface area contributed by atoms with Crippen LogP contribution in [-0.4, -0.2) is 18.1 Å². The zero-order chi connectivity index (χ0) is 14.5. The summed E-state index contributed by atoms with van der Waals surface area (Å²) in [6, 6.07) is 13.9. The molecule has 0 saturated heterocycles. The molecule has 0 aromatic heterocycles. The molecule has 2 aromatic carbocycles. The zero-order valence-corrected chi connectivity index (χ0v) is 11.2. The first kappa shape index (κ1) is 14.1. The molecule has 2 aromatic rings. The Labute approximate surface area is 117 Å². The normalized spacial score (nSPS) is 12.1. The summed E-state index contributed by atoms with van der Waals surface area (Å²) in [5.41, 5.74) is 4.45. The van der Waals surface area contributed by atoms with E-state index in [0.717, 1.165) is 6.54 Å². The van der Waals surface area contributed by atoms with E-state index in [1.807, 2.05) is 6.92 Å². The minimum atomic E-state index is -0.0641. The molecule has 1 aliphatic carbocycles. The quantitative estimate of drug-likeness (QED) is 0.522. The van der Waals surface area contributed by atoms with E-state index in [4.69, 9.17) is 5.84 Å². The molecule has 0 fully saturated rings. The molecule has 4 heteroatoms. The van der Waals surface area contributed by atoms with Crippen LogP contribution >= 0.6 is 0 Å². The van der Waals surface area contributed by atoms with Gasteiger partial charge in [-0.3, -0.25) is 20.9 Å². The van der Waals surface area contributed by atoms with Gasteiger partial charge in [-0.25, -0.2) is 0 Å². The molecule has 0 heterocycles. The lowest BCUT2D eigenvalue weighted by Gasteiger charge is -2.16. The summed E-state index contributed by atoms with van der Waals surface area (Å²) in [5, 5.41) is 0. The molecule has 4 nitrogen and oxygen atoms in total. The number of hydrogen-bond acceptors (Lipinski definition) is 4. The van der Waals surface area contributed by atoms with Gasteiger partial charge in [-0.15, -0.1) is 0 Å². The van der Waals surface area contributed by atoms with Crippen molar-refractivity contribution < 1.29 is 9.59 Å². The third kappa shape index (κ3) is 2.52. The first-order valence-electron chi connectivity index (χ1n) is 6.41. The van der Waals surface area contributed by atoms with Gasteiger partial charge in [0.2, 0.25) is 0 Å². The number of hydrogen-bond donors (Lipinski definition) is 2. The maximum Gasteiger partial charge on any atom is 0.194 e. The van der Waals surface area contributed by atoms with Crippen LogP contribution < -0.4 is 11.3 Å². The molecule has 0 spiro atoms. The van der Waals surface area contributed by atoms with Gasteiger partial charge in [-0.05, 0) is 0 Å². The highest BCUT2D eigenvalue weighted by Gasteiger charge is 2.28. The Morgan fingerprint density at radius 2 is 1.05 bits per heavy atom. The van der Waals surface area contributed by atoms with Gasteiger partial charge >= 0.3 is 0 Å². The topological polar surface area (TPSA) is 72.2 Å². The van der Waals surface area contributed by atoms with Crippen LogP contribution in [0.2, 0.25) is 0 Å². The molecule has 0 unspecified atom stereocenters. The number of benzene rings is 2. The molecular weight excluding hydrogens is 252 g/mol. The molecule has 0 saturated carbocycles. The van der Waals surface area contributed by atoms with Gasteiger partial charge in [0.05, 0.1) is 0 Å². The van der Waals surface area contributed by atoms with Crippen LogP contribution in [0.15, 0.2) is 48.5 Å². The number of nitrogens with one attached hydrogen (secondary N) is 1. The highest BCUT2D eigenvalue weighted by Crippen LogP contribution is 2.26. The largest absolute Gasteiger partial charge is 0.289 e. The second kappa shape index (κ2) is 6.23. The molecule has 0 amide bonds. The van der Waals surface area contributed by atoms with E-state index in [9.17, 15) is 9.59 Å². The number of fused-ring (bicyclic) bond motifs is 2. The van der Waals surface area contributed by atoms with Crippen molar-refractivity contribution in [2.24, 2.45) is 5.84 Å². The molecule has 0 bridgehead atoms. The average Bonchev–Trinajstić information content (AvgIpc) is 2.53. The van der Waals surface area contributed by atoms with Gasteiger partial charge in [0, 0.05) is 28.8 Å². The van der Waals surface area contributed by atoms with Crippen molar-refractivity contribution in [3.8, 4) is 0 Å². The Balaban J connectivity index is 0.000000328. The fourth-order valence-electron chi connectivity index (χ4n) is 2.05. The van der Waals surface area contributed by atoms with Crippen molar-refractivity contribution in [2.45, 2.75) is 6.92 Å². The van der Waals surface area contributed by atoms with Crippen LogP contribution in [0.3, 0.4) is 0 Å². The Bertz CT molecular complexity index is 543. The van der Waals surface area contributed by atoms with Crippen molar-refractivity contribution in [1.82, 2.24) is 5.43 Å². The minimum absolute atomic E-state index is 0.0641. The van der Waals surface area contributed by atoms with E-state index in [-0.39, 0.29) is 11.6 Å². The highest BCUT2D eigenvalue weighted by molar-refractivity contribution is 6.28. The second-order valence-corrected chi connectivity index (χ2v) is 4.31. The predicted molar refractivity (Wildman–Crippen MR) is 77.6 cm³/mol. The SMILES string of the molecule is CCNN.O=C1c2ccccc2C(=O)c2ccccc21. The lowest BCUT2D eigenvalue weighted by molar-refractivity contribution is 0.0979. The summed E-state index contributed by atoms with van der Waals surface area (Å²) >= 11 is 0. The van der Waals surface area contributed by atoms with Crippen LogP contribution in [0.25, 0.3) is 0 Å². The smallest absolute Gasteiger partial charge is 0.194 e. The summed E-state index contributed by atoms with van der Waals surface area (Å²) in [7, 11) is 0. The van der Waals surface area contributed by atoms with E-state index in [2.05, 4.69) is 5.43 Å². The molecule has 1 aliphatic rings. The zero-order valence-electron chi connectivity index (χ0n) is 11.2. The Kier molecular flexibility index (Phi) is 4.40. The lowest BCUT2D eigenvalue weighted by atomic mass is 9.84. The van der Waals surface area contributed by atoms with Crippen molar-refractivity contribution in [3.63, 3.8) is 0 Å². The minimum Gasteiger partial charge on any atom is -0.289 e. The molecular formula is C16H16N2O2. The highest BCUT2D eigenvalue weighted by atomic mass is 16.1. The molecule has 20 heavy (non-hydrogen) atoms. The molecule has 3 N–H and O–H groups in total. The fourth-order valence-corrected chi connectivity index (χ4v) is 2.05. The Morgan fingerprint density at radius 3 is 1.25 bits per heavy atom. The number of carbonyl (C=O) groups excluding carboxylic acids is 2. The maximum absolute atomic E-state index is 12.1. The van der Waals surface area contributed by atoms with E-state index in [1.54, 1.807) is 48.5 Å². The van der Waals surface area contributed by atoms with Crippen molar-refractivity contribution >= 4 is 11.6 Å². The summed E-state index contributed by atoms with van der Waals surface area (Å²) < 4.78 is 0. The molecule has 0 aliphatic heterocycles. The second-order valence-electron chi connectivity index (χ2n) is 4.31. The Hall–Kier alpha value is -2.30. The van der Waals surface area contributed by atoms with Crippen molar-refractivity contribution in [1.29, 1.82) is 0 Å². The average molecular weight is 268 g/mol. The van der Waals surface area contributed by atoms with E-state index in [1.165, 1.54) is 0 Å². The van der Waals surface area contributed by atoms with Gasteiger partial charge in [0.15, 0.2) is 11.6 Å². The van der Waals surface area contributed by atoms with E-state index < -0.39 is 0 Å². The first-order chi connectivity index (χ1) is 9.70. The van der Waals surface area contributed by atoms with Crippen molar-refractivity contribution in [3.05, 3.63) is 70.8 Å². The summed E-state index contributed by atoms with van der Waals surface area (Å²) in [6.07, 6.45) is 0. The first-order valence-corrected chi connectivity index (χ1v) is 6.41. The summed E-state index contributed by atoms with van der Waals surface area (Å²) in [4.78, 5) is 24.2. The van der Waals surface area contributed by atoms with Crippen LogP contribution in [-0.2, 0) is 0 Å². The monoisotopic (exact) mass is 268 g/mol. The standard InChI is InChI=1S/C14H8O2.C2H8N2/c15-13-9-5-1-2-6-10(9)14(16)12-8-4-3-7-11(12)13;1-2-4-3/h1-8H;4H,2-3H2,1H3. The van der Waals surface area contributed by atoms with E-state index >= 15 is 0 Å². The number of rotatable bonds is 1. The lowest BCUT2D eigenvalue weighted by Crippen LogP contribution is -2.20. The van der Waals surface area contributed by atoms with Crippen LogP contribution in [0.1, 0.15) is 38.8 Å². The van der Waals surface area contributed by atoms with Crippen LogP contribution in [0, 0.1) is 0 Å².